The molecule has 1 N–H and O–H groups in total. The van der Waals surface area contributed by atoms with Crippen molar-refractivity contribution in [1.29, 1.82) is 0 Å². The van der Waals surface area contributed by atoms with E-state index < -0.39 is 6.04 Å². The third kappa shape index (κ3) is 8.32. The van der Waals surface area contributed by atoms with E-state index in [9.17, 15) is 9.59 Å². The smallest absolute Gasteiger partial charge is 0.242 e. The largest absolute Gasteiger partial charge is 0.490 e. The molecule has 2 rings (SSSR count). The standard InChI is InChI=1S/C27H36Cl2N2O4/c1-6-18(4)30-27(33)19(5)31(17-21-22(28)10-9-11-23(21)29)26(32)15-13-20-12-14-24(34-7-2)25(16-20)35-8-3/h9-12,14,16,18-19H,6-8,13,15,17H2,1-5H3,(H,30,33)/t18-,19+/m1/s1. The Bertz CT molecular complexity index is 979. The van der Waals surface area contributed by atoms with Crippen molar-refractivity contribution in [2.45, 2.75) is 72.5 Å². The maximum absolute atomic E-state index is 13.4. The van der Waals surface area contributed by atoms with Gasteiger partial charge in [-0.15, -0.1) is 0 Å². The lowest BCUT2D eigenvalue weighted by atomic mass is 10.1. The molecule has 8 heteroatoms. The van der Waals surface area contributed by atoms with Gasteiger partial charge in [-0.25, -0.2) is 0 Å². The normalized spacial score (nSPS) is 12.5. The van der Waals surface area contributed by atoms with Crippen LogP contribution in [0.25, 0.3) is 0 Å². The summed E-state index contributed by atoms with van der Waals surface area (Å²) in [5.41, 5.74) is 1.56. The molecule has 0 fully saturated rings. The van der Waals surface area contributed by atoms with Crippen LogP contribution in [0.1, 0.15) is 58.6 Å². The zero-order valence-electron chi connectivity index (χ0n) is 21.2. The minimum atomic E-state index is -0.692. The lowest BCUT2D eigenvalue weighted by Crippen LogP contribution is -2.49. The summed E-state index contributed by atoms with van der Waals surface area (Å²) >= 11 is 12.8. The third-order valence-electron chi connectivity index (χ3n) is 5.79. The van der Waals surface area contributed by atoms with E-state index in [0.29, 0.717) is 46.7 Å². The second-order valence-corrected chi connectivity index (χ2v) is 9.18. The summed E-state index contributed by atoms with van der Waals surface area (Å²) in [5, 5.41) is 3.88. The molecule has 0 saturated carbocycles. The SMILES string of the molecule is CCOc1ccc(CCC(=O)N(Cc2c(Cl)cccc2Cl)[C@@H](C)C(=O)N[C@H](C)CC)cc1OCC. The molecule has 0 saturated heterocycles. The molecule has 2 atom stereocenters. The topological polar surface area (TPSA) is 67.9 Å². The summed E-state index contributed by atoms with van der Waals surface area (Å²) in [7, 11) is 0. The minimum absolute atomic E-state index is 0.00615. The van der Waals surface area contributed by atoms with Crippen LogP contribution in [0.5, 0.6) is 11.5 Å². The Morgan fingerprint density at radius 3 is 2.20 bits per heavy atom. The highest BCUT2D eigenvalue weighted by Crippen LogP contribution is 2.30. The van der Waals surface area contributed by atoms with Gasteiger partial charge in [-0.3, -0.25) is 9.59 Å². The van der Waals surface area contributed by atoms with Crippen molar-refractivity contribution in [1.82, 2.24) is 10.2 Å². The molecule has 0 unspecified atom stereocenters. The van der Waals surface area contributed by atoms with E-state index in [-0.39, 0.29) is 30.8 Å². The Balaban J connectivity index is 2.24. The molecule has 0 aliphatic heterocycles. The van der Waals surface area contributed by atoms with Crippen LogP contribution < -0.4 is 14.8 Å². The van der Waals surface area contributed by atoms with Gasteiger partial charge in [0.1, 0.15) is 6.04 Å². The molecule has 35 heavy (non-hydrogen) atoms. The van der Waals surface area contributed by atoms with Crippen LogP contribution in [0.3, 0.4) is 0 Å². The Labute approximate surface area is 218 Å². The highest BCUT2D eigenvalue weighted by atomic mass is 35.5. The predicted octanol–water partition coefficient (Wildman–Crippen LogP) is 6.06. The first kappa shape index (κ1) is 28.8. The molecule has 0 heterocycles. The van der Waals surface area contributed by atoms with Gasteiger partial charge in [0.2, 0.25) is 11.8 Å². The number of amides is 2. The first-order valence-electron chi connectivity index (χ1n) is 12.1. The fourth-order valence-corrected chi connectivity index (χ4v) is 4.06. The average Bonchev–Trinajstić information content (AvgIpc) is 2.83. The average molecular weight is 524 g/mol. The molecule has 192 valence electrons. The molecule has 0 radical (unpaired) electrons. The van der Waals surface area contributed by atoms with Crippen LogP contribution >= 0.6 is 23.2 Å². The first-order chi connectivity index (χ1) is 16.7. The van der Waals surface area contributed by atoms with Gasteiger partial charge in [0, 0.05) is 34.6 Å². The van der Waals surface area contributed by atoms with Crippen LogP contribution in [0.4, 0.5) is 0 Å². The quantitative estimate of drug-likeness (QED) is 0.347. The number of carbonyl (C=O) groups is 2. The van der Waals surface area contributed by atoms with Crippen molar-refractivity contribution >= 4 is 35.0 Å². The van der Waals surface area contributed by atoms with Gasteiger partial charge >= 0.3 is 0 Å². The van der Waals surface area contributed by atoms with Gasteiger partial charge in [0.05, 0.1) is 13.2 Å². The fraction of sp³-hybridized carbons (Fsp3) is 0.481. The summed E-state index contributed by atoms with van der Waals surface area (Å²) in [4.78, 5) is 27.9. The summed E-state index contributed by atoms with van der Waals surface area (Å²) in [6, 6.07) is 10.2. The van der Waals surface area contributed by atoms with Crippen molar-refractivity contribution in [2.75, 3.05) is 13.2 Å². The van der Waals surface area contributed by atoms with Crippen LogP contribution in [0.2, 0.25) is 10.0 Å². The number of hydrogen-bond acceptors (Lipinski definition) is 4. The number of rotatable bonds is 13. The van der Waals surface area contributed by atoms with Crippen LogP contribution in [0.15, 0.2) is 36.4 Å². The molecule has 0 aromatic heterocycles. The fourth-order valence-electron chi connectivity index (χ4n) is 3.55. The number of nitrogens with one attached hydrogen (secondary N) is 1. The van der Waals surface area contributed by atoms with Crippen molar-refractivity contribution in [2.24, 2.45) is 0 Å². The van der Waals surface area contributed by atoms with Crippen molar-refractivity contribution in [3.63, 3.8) is 0 Å². The van der Waals surface area contributed by atoms with Gasteiger partial charge in [0.25, 0.3) is 0 Å². The van der Waals surface area contributed by atoms with E-state index in [4.69, 9.17) is 32.7 Å². The van der Waals surface area contributed by atoms with Gasteiger partial charge in [-0.2, -0.15) is 0 Å². The number of benzene rings is 2. The molecule has 6 nitrogen and oxygen atoms in total. The number of aryl methyl sites for hydroxylation is 1. The van der Waals surface area contributed by atoms with E-state index in [1.807, 2.05) is 45.9 Å². The third-order valence-corrected chi connectivity index (χ3v) is 6.50. The van der Waals surface area contributed by atoms with Crippen LogP contribution in [-0.2, 0) is 22.6 Å². The maximum Gasteiger partial charge on any atom is 0.242 e. The Hall–Kier alpha value is -2.44. The van der Waals surface area contributed by atoms with Crippen LogP contribution in [0, 0.1) is 0 Å². The van der Waals surface area contributed by atoms with E-state index in [1.165, 1.54) is 0 Å². The maximum atomic E-state index is 13.4. The molecular formula is C27H36Cl2N2O4. The minimum Gasteiger partial charge on any atom is -0.490 e. The molecule has 0 aliphatic rings. The number of ether oxygens (including phenoxy) is 2. The van der Waals surface area contributed by atoms with E-state index in [2.05, 4.69) is 5.32 Å². The summed E-state index contributed by atoms with van der Waals surface area (Å²) in [5.74, 6) is 0.949. The molecule has 0 aliphatic carbocycles. The number of nitrogens with zero attached hydrogens (tertiary/aromatic N) is 1. The van der Waals surface area contributed by atoms with E-state index >= 15 is 0 Å². The molecule has 0 spiro atoms. The second kappa shape index (κ2) is 14.2. The summed E-state index contributed by atoms with van der Waals surface area (Å²) in [6.07, 6.45) is 1.49. The van der Waals surface area contributed by atoms with Gasteiger partial charge < -0.3 is 19.7 Å². The first-order valence-corrected chi connectivity index (χ1v) is 12.9. The number of carbonyl (C=O) groups excluding carboxylic acids is 2. The summed E-state index contributed by atoms with van der Waals surface area (Å²) < 4.78 is 11.3. The van der Waals surface area contributed by atoms with Gasteiger partial charge in [0.15, 0.2) is 11.5 Å². The molecule has 2 aromatic carbocycles. The lowest BCUT2D eigenvalue weighted by Gasteiger charge is -2.30. The Kier molecular flexibility index (Phi) is 11.7. The molecule has 2 amide bonds. The lowest BCUT2D eigenvalue weighted by molar-refractivity contribution is -0.140. The number of hydrogen-bond donors (Lipinski definition) is 1. The van der Waals surface area contributed by atoms with Gasteiger partial charge in [-0.1, -0.05) is 42.3 Å². The van der Waals surface area contributed by atoms with E-state index in [1.54, 1.807) is 30.0 Å². The number of halogens is 2. The monoisotopic (exact) mass is 522 g/mol. The van der Waals surface area contributed by atoms with Crippen molar-refractivity contribution in [3.8, 4) is 11.5 Å². The zero-order valence-corrected chi connectivity index (χ0v) is 22.7. The highest BCUT2D eigenvalue weighted by molar-refractivity contribution is 6.36. The zero-order chi connectivity index (χ0) is 26.0. The van der Waals surface area contributed by atoms with Crippen molar-refractivity contribution in [3.05, 3.63) is 57.6 Å². The molecule has 2 aromatic rings. The molecular weight excluding hydrogens is 487 g/mol. The Morgan fingerprint density at radius 1 is 0.971 bits per heavy atom. The second-order valence-electron chi connectivity index (χ2n) is 8.36. The van der Waals surface area contributed by atoms with Crippen LogP contribution in [-0.4, -0.2) is 42.0 Å². The summed E-state index contributed by atoms with van der Waals surface area (Å²) in [6.45, 7) is 10.7. The Morgan fingerprint density at radius 2 is 1.60 bits per heavy atom. The van der Waals surface area contributed by atoms with Gasteiger partial charge in [-0.05, 0) is 70.4 Å². The molecule has 0 bridgehead atoms. The predicted molar refractivity (Wildman–Crippen MR) is 141 cm³/mol. The highest BCUT2D eigenvalue weighted by Gasteiger charge is 2.28. The van der Waals surface area contributed by atoms with E-state index in [0.717, 1.165) is 12.0 Å². The van der Waals surface area contributed by atoms with Crippen molar-refractivity contribution < 1.29 is 19.1 Å².